The van der Waals surface area contributed by atoms with Gasteiger partial charge < -0.3 is 10.2 Å². The number of H-pyrrole nitrogens is 1. The predicted molar refractivity (Wildman–Crippen MR) is 103 cm³/mol. The fourth-order valence-electron chi connectivity index (χ4n) is 3.50. The molecule has 1 aliphatic heterocycles. The molecule has 0 aliphatic carbocycles. The highest BCUT2D eigenvalue weighted by Crippen LogP contribution is 2.31. The zero-order chi connectivity index (χ0) is 18.6. The number of aromatic nitrogens is 4. The molecule has 0 unspecified atom stereocenters. The fraction of sp³-hybridized carbons (Fsp3) is 0.300. The second-order valence-electron chi connectivity index (χ2n) is 6.75. The molecule has 1 atom stereocenters. The predicted octanol–water partition coefficient (Wildman–Crippen LogP) is 3.93. The van der Waals surface area contributed by atoms with Gasteiger partial charge in [0.25, 0.3) is 0 Å². The summed E-state index contributed by atoms with van der Waals surface area (Å²) < 4.78 is 0. The van der Waals surface area contributed by atoms with Crippen LogP contribution in [-0.2, 0) is 0 Å². The minimum atomic E-state index is -0.0909. The average molecular weight is 362 g/mol. The molecular weight excluding hydrogens is 340 g/mol. The van der Waals surface area contributed by atoms with Crippen LogP contribution in [0.25, 0.3) is 11.4 Å². The largest absolute Gasteiger partial charge is 0.322 e. The van der Waals surface area contributed by atoms with Crippen molar-refractivity contribution in [2.75, 3.05) is 11.9 Å². The monoisotopic (exact) mass is 362 g/mol. The number of likely N-dealkylation sites (tertiary alicyclic amines) is 1. The number of rotatable bonds is 3. The van der Waals surface area contributed by atoms with Gasteiger partial charge in [-0.05, 0) is 49.9 Å². The summed E-state index contributed by atoms with van der Waals surface area (Å²) in [6.07, 6.45) is 6.69. The normalized spacial score (nSPS) is 16.9. The van der Waals surface area contributed by atoms with E-state index >= 15 is 0 Å². The van der Waals surface area contributed by atoms with Crippen molar-refractivity contribution in [1.29, 1.82) is 0 Å². The molecule has 138 valence electrons. The number of amides is 2. The van der Waals surface area contributed by atoms with Crippen molar-refractivity contribution in [3.63, 3.8) is 0 Å². The lowest BCUT2D eigenvalue weighted by atomic mass is 9.97. The number of carbonyl (C=O) groups is 1. The first kappa shape index (κ1) is 17.2. The number of nitrogens with one attached hydrogen (secondary N) is 2. The third-order valence-electron chi connectivity index (χ3n) is 4.80. The molecule has 2 aromatic heterocycles. The molecule has 1 saturated heterocycles. The van der Waals surface area contributed by atoms with Crippen molar-refractivity contribution in [1.82, 2.24) is 25.1 Å². The van der Waals surface area contributed by atoms with Crippen LogP contribution in [0.15, 0.2) is 48.8 Å². The van der Waals surface area contributed by atoms with Crippen LogP contribution in [0.1, 0.15) is 36.7 Å². The molecule has 3 aromatic rings. The van der Waals surface area contributed by atoms with E-state index in [0.717, 1.165) is 48.4 Å². The summed E-state index contributed by atoms with van der Waals surface area (Å²) in [6.45, 7) is 2.60. The molecule has 0 bridgehead atoms. The lowest BCUT2D eigenvalue weighted by Crippen LogP contribution is -2.41. The SMILES string of the molecule is Cc1nc(-c2cccc(NC(=O)N3CCCC[C@H]3c3cccnc3)c2)n[nH]1. The van der Waals surface area contributed by atoms with Gasteiger partial charge in [0.2, 0.25) is 0 Å². The van der Waals surface area contributed by atoms with E-state index in [1.165, 1.54) is 0 Å². The van der Waals surface area contributed by atoms with E-state index in [-0.39, 0.29) is 12.1 Å². The molecule has 1 fully saturated rings. The van der Waals surface area contributed by atoms with Crippen LogP contribution >= 0.6 is 0 Å². The summed E-state index contributed by atoms with van der Waals surface area (Å²) in [5.41, 5.74) is 2.67. The van der Waals surface area contributed by atoms with Crippen LogP contribution in [0.5, 0.6) is 0 Å². The molecule has 3 heterocycles. The van der Waals surface area contributed by atoms with Gasteiger partial charge in [0, 0.05) is 30.2 Å². The average Bonchev–Trinajstić information content (AvgIpc) is 3.15. The van der Waals surface area contributed by atoms with Crippen molar-refractivity contribution < 1.29 is 4.79 Å². The minimum Gasteiger partial charge on any atom is -0.317 e. The lowest BCUT2D eigenvalue weighted by molar-refractivity contribution is 0.163. The number of pyridine rings is 1. The van der Waals surface area contributed by atoms with Gasteiger partial charge >= 0.3 is 6.03 Å². The molecule has 1 aromatic carbocycles. The minimum absolute atomic E-state index is 0.0614. The van der Waals surface area contributed by atoms with Crippen molar-refractivity contribution in [3.05, 3.63) is 60.2 Å². The van der Waals surface area contributed by atoms with E-state index in [1.807, 2.05) is 54.4 Å². The van der Waals surface area contributed by atoms with Crippen LogP contribution in [0.2, 0.25) is 0 Å². The molecule has 4 rings (SSSR count). The van der Waals surface area contributed by atoms with E-state index in [2.05, 4.69) is 25.5 Å². The number of benzene rings is 1. The van der Waals surface area contributed by atoms with Gasteiger partial charge in [0.05, 0.1) is 6.04 Å². The number of hydrogen-bond acceptors (Lipinski definition) is 4. The van der Waals surface area contributed by atoms with E-state index < -0.39 is 0 Å². The van der Waals surface area contributed by atoms with Gasteiger partial charge in [-0.1, -0.05) is 18.2 Å². The number of aromatic amines is 1. The number of urea groups is 1. The Morgan fingerprint density at radius 3 is 2.96 bits per heavy atom. The van der Waals surface area contributed by atoms with Crippen LogP contribution in [0.3, 0.4) is 0 Å². The Hall–Kier alpha value is -3.22. The molecule has 7 heteroatoms. The van der Waals surface area contributed by atoms with Crippen LogP contribution < -0.4 is 5.32 Å². The lowest BCUT2D eigenvalue weighted by Gasteiger charge is -2.35. The first-order chi connectivity index (χ1) is 13.2. The zero-order valence-corrected chi connectivity index (χ0v) is 15.2. The molecular formula is C20H22N6O. The Morgan fingerprint density at radius 1 is 1.26 bits per heavy atom. The highest BCUT2D eigenvalue weighted by molar-refractivity contribution is 5.90. The van der Waals surface area contributed by atoms with E-state index in [4.69, 9.17) is 0 Å². The van der Waals surface area contributed by atoms with Crippen molar-refractivity contribution in [3.8, 4) is 11.4 Å². The molecule has 0 saturated carbocycles. The molecule has 0 radical (unpaired) electrons. The third kappa shape index (κ3) is 3.81. The van der Waals surface area contributed by atoms with E-state index in [9.17, 15) is 4.79 Å². The number of piperidine rings is 1. The number of hydrogen-bond donors (Lipinski definition) is 2. The highest BCUT2D eigenvalue weighted by Gasteiger charge is 2.28. The fourth-order valence-corrected chi connectivity index (χ4v) is 3.50. The van der Waals surface area contributed by atoms with Crippen molar-refractivity contribution in [2.45, 2.75) is 32.2 Å². The summed E-state index contributed by atoms with van der Waals surface area (Å²) in [6, 6.07) is 11.5. The second kappa shape index (κ2) is 7.57. The molecule has 7 nitrogen and oxygen atoms in total. The molecule has 27 heavy (non-hydrogen) atoms. The van der Waals surface area contributed by atoms with Gasteiger partial charge in [0.15, 0.2) is 5.82 Å². The molecule has 2 amide bonds. The topological polar surface area (TPSA) is 86.8 Å². The van der Waals surface area contributed by atoms with Crippen LogP contribution in [0, 0.1) is 6.92 Å². The summed E-state index contributed by atoms with van der Waals surface area (Å²) in [7, 11) is 0. The summed E-state index contributed by atoms with van der Waals surface area (Å²) in [4.78, 5) is 23.4. The first-order valence-electron chi connectivity index (χ1n) is 9.18. The summed E-state index contributed by atoms with van der Waals surface area (Å²) >= 11 is 0. The van der Waals surface area contributed by atoms with E-state index in [1.54, 1.807) is 6.20 Å². The Kier molecular flexibility index (Phi) is 4.82. The maximum Gasteiger partial charge on any atom is 0.322 e. The Morgan fingerprint density at radius 2 is 2.19 bits per heavy atom. The smallest absolute Gasteiger partial charge is 0.317 e. The maximum atomic E-state index is 13.0. The Bertz CT molecular complexity index is 923. The first-order valence-corrected chi connectivity index (χ1v) is 9.18. The number of nitrogens with zero attached hydrogens (tertiary/aromatic N) is 4. The van der Waals surface area contributed by atoms with E-state index in [0.29, 0.717) is 5.82 Å². The maximum absolute atomic E-state index is 13.0. The van der Waals surface area contributed by atoms with Crippen LogP contribution in [0.4, 0.5) is 10.5 Å². The van der Waals surface area contributed by atoms with Crippen LogP contribution in [-0.4, -0.2) is 37.6 Å². The number of anilines is 1. The Balaban J connectivity index is 1.52. The van der Waals surface area contributed by atoms with Gasteiger partial charge in [-0.15, -0.1) is 0 Å². The highest BCUT2D eigenvalue weighted by atomic mass is 16.2. The summed E-state index contributed by atoms with van der Waals surface area (Å²) in [5, 5.41) is 10.1. The number of carbonyl (C=O) groups excluding carboxylic acids is 1. The van der Waals surface area contributed by atoms with Gasteiger partial charge in [-0.3, -0.25) is 10.1 Å². The van der Waals surface area contributed by atoms with Gasteiger partial charge in [-0.2, -0.15) is 5.10 Å². The quantitative estimate of drug-likeness (QED) is 0.739. The molecule has 2 N–H and O–H groups in total. The molecule has 0 spiro atoms. The van der Waals surface area contributed by atoms with Gasteiger partial charge in [0.1, 0.15) is 5.82 Å². The van der Waals surface area contributed by atoms with Gasteiger partial charge in [-0.25, -0.2) is 9.78 Å². The Labute approximate surface area is 157 Å². The second-order valence-corrected chi connectivity index (χ2v) is 6.75. The van der Waals surface area contributed by atoms with Crippen molar-refractivity contribution in [2.24, 2.45) is 0 Å². The zero-order valence-electron chi connectivity index (χ0n) is 15.2. The summed E-state index contributed by atoms with van der Waals surface area (Å²) in [5.74, 6) is 1.38. The molecule has 1 aliphatic rings. The standard InChI is InChI=1S/C20H22N6O/c1-14-22-19(25-24-14)15-6-4-8-17(12-15)23-20(27)26-11-3-2-9-18(26)16-7-5-10-21-13-16/h4-8,10,12-13,18H,2-3,9,11H2,1H3,(H,23,27)(H,22,24,25)/t18-/m0/s1. The third-order valence-corrected chi connectivity index (χ3v) is 4.80. The van der Waals surface area contributed by atoms with Crippen molar-refractivity contribution >= 4 is 11.7 Å². The number of aryl methyl sites for hydroxylation is 1.